The van der Waals surface area contributed by atoms with Gasteiger partial charge in [-0.1, -0.05) is 48.5 Å². The molecule has 40 heavy (non-hydrogen) atoms. The van der Waals surface area contributed by atoms with Gasteiger partial charge in [-0.25, -0.2) is 14.8 Å². The van der Waals surface area contributed by atoms with E-state index in [1.165, 1.54) is 19.5 Å². The van der Waals surface area contributed by atoms with Gasteiger partial charge in [-0.2, -0.15) is 5.26 Å². The fourth-order valence-corrected chi connectivity index (χ4v) is 3.92. The van der Waals surface area contributed by atoms with E-state index in [1.807, 2.05) is 18.2 Å². The maximum atomic E-state index is 13.6. The molecule has 0 amide bonds. The van der Waals surface area contributed by atoms with Crippen LogP contribution < -0.4 is 14.2 Å². The molecule has 2 heterocycles. The maximum absolute atomic E-state index is 13.6. The van der Waals surface area contributed by atoms with Crippen LogP contribution in [0.5, 0.6) is 29.0 Å². The Morgan fingerprint density at radius 2 is 1.48 bits per heavy atom. The first-order valence-electron chi connectivity index (χ1n) is 12.1. The first-order valence-corrected chi connectivity index (χ1v) is 12.1. The normalized spacial score (nSPS) is 11.2. The van der Waals surface area contributed by atoms with Crippen LogP contribution in [-0.2, 0) is 9.53 Å². The Morgan fingerprint density at radius 1 is 0.800 bits per heavy atom. The van der Waals surface area contributed by atoms with Crippen LogP contribution in [0, 0.1) is 11.3 Å². The Bertz CT molecular complexity index is 1770. The van der Waals surface area contributed by atoms with E-state index >= 15 is 0 Å². The summed E-state index contributed by atoms with van der Waals surface area (Å²) in [6, 6.07) is 26.4. The zero-order valence-electron chi connectivity index (χ0n) is 21.6. The van der Waals surface area contributed by atoms with Gasteiger partial charge in [0.2, 0.25) is 11.8 Å². The summed E-state index contributed by atoms with van der Waals surface area (Å²) < 4.78 is 23.1. The first kappa shape index (κ1) is 25.9. The number of nitrogens with zero attached hydrogens (tertiary/aromatic N) is 4. The number of hydrogen-bond donors (Lipinski definition) is 0. The molecule has 9 nitrogen and oxygen atoms in total. The van der Waals surface area contributed by atoms with Gasteiger partial charge in [0.15, 0.2) is 5.75 Å². The number of carbonyl (C=O) groups excluding carboxylic acids is 1. The largest absolute Gasteiger partial charge is 0.500 e. The van der Waals surface area contributed by atoms with Crippen LogP contribution in [0.25, 0.3) is 16.5 Å². The fourth-order valence-electron chi connectivity index (χ4n) is 3.92. The summed E-state index contributed by atoms with van der Waals surface area (Å²) in [5.41, 5.74) is 1.51. The molecule has 0 aliphatic heterocycles. The molecule has 0 aliphatic rings. The van der Waals surface area contributed by atoms with Crippen molar-refractivity contribution in [3.05, 3.63) is 114 Å². The number of esters is 1. The van der Waals surface area contributed by atoms with Crippen LogP contribution in [0.3, 0.4) is 0 Å². The van der Waals surface area contributed by atoms with E-state index in [9.17, 15) is 10.1 Å². The van der Waals surface area contributed by atoms with Crippen molar-refractivity contribution in [1.82, 2.24) is 15.0 Å². The van der Waals surface area contributed by atoms with Crippen molar-refractivity contribution < 1.29 is 23.7 Å². The number of rotatable bonds is 8. The van der Waals surface area contributed by atoms with Crippen molar-refractivity contribution in [1.29, 1.82) is 5.26 Å². The molecule has 196 valence electrons. The lowest BCUT2D eigenvalue weighted by Crippen LogP contribution is -2.14. The highest BCUT2D eigenvalue weighted by Gasteiger charge is 2.24. The third-order valence-electron chi connectivity index (χ3n) is 5.87. The van der Waals surface area contributed by atoms with Crippen molar-refractivity contribution in [3.63, 3.8) is 0 Å². The van der Waals surface area contributed by atoms with Crippen molar-refractivity contribution in [2.45, 2.75) is 6.92 Å². The summed E-state index contributed by atoms with van der Waals surface area (Å²) in [5.74, 6) is 1.01. The third kappa shape index (κ3) is 5.56. The number of pyridine rings is 1. The second kappa shape index (κ2) is 11.8. The van der Waals surface area contributed by atoms with E-state index in [-0.39, 0.29) is 17.3 Å². The molecule has 0 atom stereocenters. The number of aromatic nitrogens is 3. The Labute approximate surface area is 229 Å². The molecule has 0 unspecified atom stereocenters. The van der Waals surface area contributed by atoms with Gasteiger partial charge in [0.25, 0.3) is 0 Å². The van der Waals surface area contributed by atoms with E-state index in [2.05, 4.69) is 21.0 Å². The molecular weight excluding hydrogens is 508 g/mol. The molecule has 0 spiro atoms. The second-order valence-electron chi connectivity index (χ2n) is 8.36. The third-order valence-corrected chi connectivity index (χ3v) is 5.87. The lowest BCUT2D eigenvalue weighted by molar-refractivity contribution is -0.128. The van der Waals surface area contributed by atoms with Gasteiger partial charge in [0.05, 0.1) is 18.7 Å². The van der Waals surface area contributed by atoms with Gasteiger partial charge in [-0.15, -0.1) is 0 Å². The molecule has 0 saturated carbocycles. The maximum Gasteiger partial charge on any atom is 0.347 e. The summed E-state index contributed by atoms with van der Waals surface area (Å²) in [6.07, 6.45) is 2.92. The van der Waals surface area contributed by atoms with E-state index in [1.54, 1.807) is 73.8 Å². The highest BCUT2D eigenvalue weighted by molar-refractivity contribution is 6.19. The number of hydrogen-bond acceptors (Lipinski definition) is 9. The predicted octanol–water partition coefficient (Wildman–Crippen LogP) is 6.46. The number of nitriles is 1. The SMILES string of the molecule is CO/C(C)=C(/C(=O)Oc1cccc2cccnc12)c1ccccc1Oc1cc(Oc2ccccc2C#N)ncn1. The van der Waals surface area contributed by atoms with Crippen molar-refractivity contribution in [2.24, 2.45) is 0 Å². The van der Waals surface area contributed by atoms with Gasteiger partial charge >= 0.3 is 5.97 Å². The molecule has 5 rings (SSSR count). The van der Waals surface area contributed by atoms with Crippen LogP contribution in [0.2, 0.25) is 0 Å². The molecule has 5 aromatic rings. The fraction of sp³-hybridized carbons (Fsp3) is 0.0645. The highest BCUT2D eigenvalue weighted by Crippen LogP contribution is 2.34. The summed E-state index contributed by atoms with van der Waals surface area (Å²) in [7, 11) is 1.47. The Kier molecular flexibility index (Phi) is 7.60. The lowest BCUT2D eigenvalue weighted by Gasteiger charge is -2.16. The molecule has 0 saturated heterocycles. The smallest absolute Gasteiger partial charge is 0.347 e. The van der Waals surface area contributed by atoms with Gasteiger partial charge in [-0.3, -0.25) is 4.98 Å². The summed E-state index contributed by atoms with van der Waals surface area (Å²) in [6.45, 7) is 1.66. The number of carbonyl (C=O) groups is 1. The average Bonchev–Trinajstić information content (AvgIpc) is 2.99. The minimum Gasteiger partial charge on any atom is -0.500 e. The summed E-state index contributed by atoms with van der Waals surface area (Å²) in [4.78, 5) is 26.2. The van der Waals surface area contributed by atoms with E-state index in [0.29, 0.717) is 39.7 Å². The Balaban J connectivity index is 1.45. The molecular formula is C31H22N4O5. The zero-order valence-corrected chi connectivity index (χ0v) is 21.6. The number of para-hydroxylation sites is 3. The highest BCUT2D eigenvalue weighted by atomic mass is 16.5. The zero-order chi connectivity index (χ0) is 27.9. The Hall–Kier alpha value is -5.75. The minimum atomic E-state index is -0.645. The standard InChI is InChI=1S/C31H22N4O5/c1-20(37-2)29(31(36)40-26-15-7-10-21-11-8-16-33-30(21)26)23-12-4-6-14-25(23)39-28-17-27(34-19-35-28)38-24-13-5-3-9-22(24)18-32/h3-17,19H,1-2H3/b29-20+. The number of ether oxygens (including phenoxy) is 4. The van der Waals surface area contributed by atoms with Crippen LogP contribution in [0.4, 0.5) is 0 Å². The molecule has 0 fully saturated rings. The number of allylic oxidation sites excluding steroid dienone is 1. The average molecular weight is 531 g/mol. The van der Waals surface area contributed by atoms with Crippen molar-refractivity contribution in [3.8, 4) is 35.1 Å². The molecule has 0 bridgehead atoms. The van der Waals surface area contributed by atoms with E-state index in [4.69, 9.17) is 18.9 Å². The van der Waals surface area contributed by atoms with Gasteiger partial charge in [-0.05, 0) is 37.3 Å². The van der Waals surface area contributed by atoms with Gasteiger partial charge in [0, 0.05) is 17.1 Å². The minimum absolute atomic E-state index is 0.160. The molecule has 2 aromatic heterocycles. The second-order valence-corrected chi connectivity index (χ2v) is 8.36. The summed E-state index contributed by atoms with van der Waals surface area (Å²) >= 11 is 0. The van der Waals surface area contributed by atoms with Crippen LogP contribution in [-0.4, -0.2) is 28.0 Å². The van der Waals surface area contributed by atoms with Gasteiger partial charge in [0.1, 0.15) is 40.7 Å². The topological polar surface area (TPSA) is 116 Å². The predicted molar refractivity (Wildman–Crippen MR) is 147 cm³/mol. The summed E-state index contributed by atoms with van der Waals surface area (Å²) in [5, 5.41) is 10.2. The molecule has 0 N–H and O–H groups in total. The van der Waals surface area contributed by atoms with E-state index in [0.717, 1.165) is 5.39 Å². The van der Waals surface area contributed by atoms with E-state index < -0.39 is 5.97 Å². The first-order chi connectivity index (χ1) is 19.6. The van der Waals surface area contributed by atoms with Crippen LogP contribution in [0.1, 0.15) is 18.1 Å². The molecule has 9 heteroatoms. The monoisotopic (exact) mass is 530 g/mol. The molecule has 0 aliphatic carbocycles. The number of methoxy groups -OCH3 is 1. The van der Waals surface area contributed by atoms with Gasteiger partial charge < -0.3 is 18.9 Å². The van der Waals surface area contributed by atoms with Crippen molar-refractivity contribution in [2.75, 3.05) is 7.11 Å². The van der Waals surface area contributed by atoms with Crippen LogP contribution >= 0.6 is 0 Å². The van der Waals surface area contributed by atoms with Crippen LogP contribution in [0.15, 0.2) is 103 Å². The number of benzene rings is 3. The quantitative estimate of drug-likeness (QED) is 0.0963. The van der Waals surface area contributed by atoms with Crippen molar-refractivity contribution >= 4 is 22.4 Å². The lowest BCUT2D eigenvalue weighted by atomic mass is 10.0. The molecule has 3 aromatic carbocycles. The Morgan fingerprint density at radius 3 is 2.25 bits per heavy atom. The number of fused-ring (bicyclic) bond motifs is 1. The molecule has 0 radical (unpaired) electrons.